The van der Waals surface area contributed by atoms with Crippen molar-refractivity contribution in [2.45, 2.75) is 6.92 Å². The van der Waals surface area contributed by atoms with Crippen LogP contribution in [0.25, 0.3) is 33.4 Å². The Bertz CT molecular complexity index is 1180. The Morgan fingerprint density at radius 3 is 2.52 bits per heavy atom. The summed E-state index contributed by atoms with van der Waals surface area (Å²) in [7, 11) is 0. The van der Waals surface area contributed by atoms with Crippen molar-refractivity contribution < 1.29 is 4.42 Å². The fourth-order valence-electron chi connectivity index (χ4n) is 2.91. The van der Waals surface area contributed by atoms with Crippen LogP contribution in [-0.2, 0) is 0 Å². The number of fused-ring (bicyclic) bond motifs is 1. The number of nitrogens with zero attached hydrogens (tertiary/aromatic N) is 2. The zero-order chi connectivity index (χ0) is 17.4. The maximum Gasteiger partial charge on any atom is 0.266 e. The average Bonchev–Trinajstić information content (AvgIpc) is 3.09. The van der Waals surface area contributed by atoms with Crippen molar-refractivity contribution in [1.82, 2.24) is 9.97 Å². The fraction of sp³-hybridized carbons (Fsp3) is 0.0500. The maximum absolute atomic E-state index is 12.0. The summed E-state index contributed by atoms with van der Waals surface area (Å²) < 4.78 is 5.26. The van der Waals surface area contributed by atoms with E-state index in [4.69, 9.17) is 4.42 Å². The molecule has 0 bridgehead atoms. The van der Waals surface area contributed by atoms with Gasteiger partial charge < -0.3 is 9.40 Å². The molecule has 0 aliphatic carbocycles. The van der Waals surface area contributed by atoms with Crippen LogP contribution in [0.5, 0.6) is 0 Å². The minimum Gasteiger partial charge on any atom is -0.443 e. The van der Waals surface area contributed by atoms with Gasteiger partial charge in [0, 0.05) is 11.3 Å². The number of aromatic nitrogens is 2. The first-order valence-electron chi connectivity index (χ1n) is 7.74. The number of benzene rings is 2. The molecule has 4 aromatic rings. The molecule has 0 aliphatic heterocycles. The quantitative estimate of drug-likeness (QED) is 0.602. The van der Waals surface area contributed by atoms with Gasteiger partial charge in [-0.05, 0) is 41.8 Å². The third kappa shape index (κ3) is 2.60. The van der Waals surface area contributed by atoms with Crippen molar-refractivity contribution in [1.29, 1.82) is 5.26 Å². The molecule has 120 valence electrons. The van der Waals surface area contributed by atoms with Crippen molar-refractivity contribution in [2.24, 2.45) is 0 Å². The van der Waals surface area contributed by atoms with Gasteiger partial charge in [0.1, 0.15) is 17.1 Å². The van der Waals surface area contributed by atoms with E-state index in [-0.39, 0.29) is 11.1 Å². The van der Waals surface area contributed by atoms with E-state index in [1.165, 1.54) is 6.39 Å². The molecule has 1 N–H and O–H groups in total. The van der Waals surface area contributed by atoms with Gasteiger partial charge in [-0.25, -0.2) is 4.98 Å². The van der Waals surface area contributed by atoms with Crippen LogP contribution in [-0.4, -0.2) is 9.97 Å². The predicted octanol–water partition coefficient (Wildman–Crippen LogP) is 4.03. The highest BCUT2D eigenvalue weighted by atomic mass is 16.3. The van der Waals surface area contributed by atoms with Crippen LogP contribution in [0.2, 0.25) is 0 Å². The van der Waals surface area contributed by atoms with Crippen LogP contribution in [0.3, 0.4) is 0 Å². The molecule has 0 spiro atoms. The number of aryl methyl sites for hydroxylation is 1. The molecule has 0 amide bonds. The average molecular weight is 327 g/mol. The molecule has 0 unspecified atom stereocenters. The Morgan fingerprint density at radius 2 is 1.76 bits per heavy atom. The maximum atomic E-state index is 12.0. The molecule has 0 radical (unpaired) electrons. The largest absolute Gasteiger partial charge is 0.443 e. The third-order valence-corrected chi connectivity index (χ3v) is 4.14. The summed E-state index contributed by atoms with van der Waals surface area (Å²) in [5, 5.41) is 9.28. The van der Waals surface area contributed by atoms with E-state index in [1.54, 1.807) is 6.92 Å². The van der Waals surface area contributed by atoms with E-state index >= 15 is 0 Å². The number of oxazole rings is 1. The lowest BCUT2D eigenvalue weighted by Gasteiger charge is -2.07. The lowest BCUT2D eigenvalue weighted by Crippen LogP contribution is -2.12. The topological polar surface area (TPSA) is 82.7 Å². The fourth-order valence-corrected chi connectivity index (χ4v) is 2.91. The summed E-state index contributed by atoms with van der Waals surface area (Å²) in [4.78, 5) is 18.8. The predicted molar refractivity (Wildman–Crippen MR) is 95.0 cm³/mol. The monoisotopic (exact) mass is 327 g/mol. The summed E-state index contributed by atoms with van der Waals surface area (Å²) in [5.41, 5.74) is 5.56. The number of aromatic amines is 1. The van der Waals surface area contributed by atoms with Gasteiger partial charge in [0.25, 0.3) is 5.56 Å². The van der Waals surface area contributed by atoms with Crippen LogP contribution in [0.4, 0.5) is 0 Å². The number of hydrogen-bond acceptors (Lipinski definition) is 4. The molecule has 2 aromatic heterocycles. The minimum atomic E-state index is -0.363. The summed E-state index contributed by atoms with van der Waals surface area (Å²) in [5.74, 6) is 0. The van der Waals surface area contributed by atoms with Gasteiger partial charge in [0.2, 0.25) is 0 Å². The highest BCUT2D eigenvalue weighted by molar-refractivity contribution is 5.81. The molecule has 25 heavy (non-hydrogen) atoms. The standard InChI is InChI=1S/C20H13N3O2/c1-12-8-16(17(10-21)20(24)23-12)14-4-2-13(3-5-14)15-6-7-19-18(9-15)22-11-25-19/h2-9,11H,1H3,(H,23,24). The normalized spacial score (nSPS) is 10.7. The van der Waals surface area contributed by atoms with Crippen molar-refractivity contribution in [3.63, 3.8) is 0 Å². The van der Waals surface area contributed by atoms with Crippen molar-refractivity contribution >= 4 is 11.1 Å². The molecule has 2 aromatic carbocycles. The van der Waals surface area contributed by atoms with E-state index in [0.29, 0.717) is 5.56 Å². The molecule has 4 rings (SSSR count). The van der Waals surface area contributed by atoms with Gasteiger partial charge >= 0.3 is 0 Å². The Balaban J connectivity index is 1.78. The number of pyridine rings is 1. The van der Waals surface area contributed by atoms with Gasteiger partial charge in [0.05, 0.1) is 0 Å². The Morgan fingerprint density at radius 1 is 1.04 bits per heavy atom. The Hall–Kier alpha value is -3.65. The van der Waals surface area contributed by atoms with Gasteiger partial charge in [-0.2, -0.15) is 5.26 Å². The molecule has 0 saturated heterocycles. The van der Waals surface area contributed by atoms with Crippen molar-refractivity contribution in [3.8, 4) is 28.3 Å². The second kappa shape index (κ2) is 5.77. The lowest BCUT2D eigenvalue weighted by atomic mass is 9.97. The second-order valence-corrected chi connectivity index (χ2v) is 5.79. The molecule has 0 atom stereocenters. The summed E-state index contributed by atoms with van der Waals surface area (Å²) >= 11 is 0. The first-order chi connectivity index (χ1) is 12.2. The molecule has 2 heterocycles. The van der Waals surface area contributed by atoms with Gasteiger partial charge in [-0.1, -0.05) is 30.3 Å². The third-order valence-electron chi connectivity index (χ3n) is 4.14. The summed E-state index contributed by atoms with van der Waals surface area (Å²) in [6, 6.07) is 17.4. The molecule has 5 nitrogen and oxygen atoms in total. The molecule has 0 aliphatic rings. The smallest absolute Gasteiger partial charge is 0.266 e. The molecule has 5 heteroatoms. The van der Waals surface area contributed by atoms with Crippen LogP contribution < -0.4 is 5.56 Å². The van der Waals surface area contributed by atoms with E-state index < -0.39 is 0 Å². The Kier molecular flexibility index (Phi) is 3.44. The summed E-state index contributed by atoms with van der Waals surface area (Å²) in [6.07, 6.45) is 1.43. The van der Waals surface area contributed by atoms with E-state index in [1.807, 2.05) is 54.6 Å². The van der Waals surface area contributed by atoms with E-state index in [0.717, 1.165) is 33.5 Å². The Labute approximate surface area is 143 Å². The van der Waals surface area contributed by atoms with Gasteiger partial charge in [-0.15, -0.1) is 0 Å². The van der Waals surface area contributed by atoms with Crippen LogP contribution in [0.15, 0.2) is 64.1 Å². The second-order valence-electron chi connectivity index (χ2n) is 5.79. The van der Waals surface area contributed by atoms with Crippen LogP contribution in [0, 0.1) is 18.3 Å². The zero-order valence-corrected chi connectivity index (χ0v) is 13.4. The van der Waals surface area contributed by atoms with E-state index in [9.17, 15) is 10.1 Å². The molecule has 0 saturated carbocycles. The lowest BCUT2D eigenvalue weighted by molar-refractivity contribution is 0.602. The van der Waals surface area contributed by atoms with Crippen molar-refractivity contribution in [3.05, 3.63) is 76.5 Å². The first-order valence-corrected chi connectivity index (χ1v) is 7.74. The van der Waals surface area contributed by atoms with E-state index in [2.05, 4.69) is 9.97 Å². The number of nitriles is 1. The van der Waals surface area contributed by atoms with Crippen LogP contribution in [0.1, 0.15) is 11.3 Å². The van der Waals surface area contributed by atoms with Gasteiger partial charge in [-0.3, -0.25) is 4.79 Å². The number of H-pyrrole nitrogens is 1. The molecule has 0 fully saturated rings. The number of hydrogen-bond donors (Lipinski definition) is 1. The zero-order valence-electron chi connectivity index (χ0n) is 13.4. The number of rotatable bonds is 2. The highest BCUT2D eigenvalue weighted by Gasteiger charge is 2.10. The molecular formula is C20H13N3O2. The molecular weight excluding hydrogens is 314 g/mol. The SMILES string of the molecule is Cc1cc(-c2ccc(-c3ccc4ocnc4c3)cc2)c(C#N)c(=O)[nH]1. The highest BCUT2D eigenvalue weighted by Crippen LogP contribution is 2.28. The number of nitrogens with one attached hydrogen (secondary N) is 1. The van der Waals surface area contributed by atoms with Gasteiger partial charge in [0.15, 0.2) is 12.0 Å². The minimum absolute atomic E-state index is 0.127. The van der Waals surface area contributed by atoms with Crippen molar-refractivity contribution in [2.75, 3.05) is 0 Å². The first kappa shape index (κ1) is 14.9. The van der Waals surface area contributed by atoms with Crippen LogP contribution >= 0.6 is 0 Å². The summed E-state index contributed by atoms with van der Waals surface area (Å²) in [6.45, 7) is 1.80.